The standard InChI is InChI=1S/C20H30F3N3O5/c1-10(2)7-12(15(25)28)26-14(27)5-6-18(16(26)29)9-19(18,13(24)8-11(3)4)31-17(30)20(21,22)23/h10-13H,5-9,24H2,1-4H3,(H2,25,28)/t12-,13-,18+,19+/m0/s1. The third-order valence-electron chi connectivity index (χ3n) is 6.08. The number of amides is 3. The van der Waals surface area contributed by atoms with E-state index in [-0.39, 0.29) is 43.9 Å². The van der Waals surface area contributed by atoms with E-state index in [1.165, 1.54) is 0 Å². The van der Waals surface area contributed by atoms with Gasteiger partial charge in [0.05, 0.1) is 5.41 Å². The third-order valence-corrected chi connectivity index (χ3v) is 6.08. The predicted molar refractivity (Wildman–Crippen MR) is 103 cm³/mol. The molecule has 31 heavy (non-hydrogen) atoms. The first kappa shape index (κ1) is 25.1. The average Bonchev–Trinajstić information content (AvgIpc) is 3.25. The van der Waals surface area contributed by atoms with Crippen LogP contribution in [-0.2, 0) is 23.9 Å². The highest BCUT2D eigenvalue weighted by Gasteiger charge is 2.80. The lowest BCUT2D eigenvalue weighted by Crippen LogP contribution is -2.60. The van der Waals surface area contributed by atoms with Crippen LogP contribution in [0.15, 0.2) is 0 Å². The van der Waals surface area contributed by atoms with Gasteiger partial charge in [0.25, 0.3) is 0 Å². The summed E-state index contributed by atoms with van der Waals surface area (Å²) in [5.41, 5.74) is 8.12. The number of imide groups is 1. The SMILES string of the molecule is CC(C)C[C@@H](C(N)=O)N1C(=O)CC[C@@]2(C[C@@]2(OC(=O)C(F)(F)F)[C@@H](N)CC(C)C)C1=O. The molecule has 0 aromatic rings. The fraction of sp³-hybridized carbons (Fsp3) is 0.800. The summed E-state index contributed by atoms with van der Waals surface area (Å²) >= 11 is 0. The lowest BCUT2D eigenvalue weighted by molar-refractivity contribution is -0.211. The number of nitrogens with two attached hydrogens (primary N) is 2. The molecule has 4 atom stereocenters. The van der Waals surface area contributed by atoms with Crippen molar-refractivity contribution in [2.45, 2.75) is 83.7 Å². The Hall–Kier alpha value is -2.17. The van der Waals surface area contributed by atoms with Gasteiger partial charge in [-0.25, -0.2) is 4.79 Å². The van der Waals surface area contributed by atoms with Gasteiger partial charge in [-0.05, 0) is 31.1 Å². The number of alkyl halides is 3. The highest BCUT2D eigenvalue weighted by atomic mass is 19.4. The summed E-state index contributed by atoms with van der Waals surface area (Å²) in [4.78, 5) is 50.5. The summed E-state index contributed by atoms with van der Waals surface area (Å²) in [6, 6.07) is -2.30. The molecule has 4 N–H and O–H groups in total. The Morgan fingerprint density at radius 1 is 1.13 bits per heavy atom. The normalized spacial score (nSPS) is 28.3. The number of carbonyl (C=O) groups excluding carboxylic acids is 4. The average molecular weight is 449 g/mol. The van der Waals surface area contributed by atoms with Crippen molar-refractivity contribution in [3.63, 3.8) is 0 Å². The lowest BCUT2D eigenvalue weighted by Gasteiger charge is -2.39. The van der Waals surface area contributed by atoms with Crippen LogP contribution >= 0.6 is 0 Å². The first-order valence-corrected chi connectivity index (χ1v) is 10.3. The molecular formula is C20H30F3N3O5. The number of likely N-dealkylation sites (tertiary alicyclic amines) is 1. The van der Waals surface area contributed by atoms with E-state index in [4.69, 9.17) is 16.2 Å². The van der Waals surface area contributed by atoms with Crippen molar-refractivity contribution in [1.82, 2.24) is 4.90 Å². The van der Waals surface area contributed by atoms with Gasteiger partial charge in [0.2, 0.25) is 17.7 Å². The van der Waals surface area contributed by atoms with Crippen molar-refractivity contribution >= 4 is 23.7 Å². The number of ether oxygens (including phenoxy) is 1. The van der Waals surface area contributed by atoms with E-state index in [0.29, 0.717) is 0 Å². The van der Waals surface area contributed by atoms with Crippen molar-refractivity contribution in [1.29, 1.82) is 0 Å². The summed E-state index contributed by atoms with van der Waals surface area (Å²) in [5, 5.41) is 0. The number of hydrogen-bond acceptors (Lipinski definition) is 6. The molecule has 176 valence electrons. The number of piperidine rings is 1. The number of primary amides is 1. The largest absolute Gasteiger partial charge is 0.490 e. The first-order valence-electron chi connectivity index (χ1n) is 10.3. The van der Waals surface area contributed by atoms with Crippen LogP contribution in [0.3, 0.4) is 0 Å². The maximum atomic E-state index is 13.5. The van der Waals surface area contributed by atoms with Crippen LogP contribution in [0.2, 0.25) is 0 Å². The second kappa shape index (κ2) is 8.40. The lowest BCUT2D eigenvalue weighted by atomic mass is 9.83. The fourth-order valence-electron chi connectivity index (χ4n) is 4.58. The van der Waals surface area contributed by atoms with Crippen LogP contribution in [0, 0.1) is 17.3 Å². The quantitative estimate of drug-likeness (QED) is 0.428. The zero-order valence-corrected chi connectivity index (χ0v) is 18.1. The van der Waals surface area contributed by atoms with Crippen molar-refractivity contribution in [3.8, 4) is 0 Å². The number of carbonyl (C=O) groups is 4. The van der Waals surface area contributed by atoms with Gasteiger partial charge < -0.3 is 16.2 Å². The van der Waals surface area contributed by atoms with Crippen LogP contribution < -0.4 is 11.5 Å². The Kier molecular flexibility index (Phi) is 6.80. The smallest absolute Gasteiger partial charge is 0.450 e. The van der Waals surface area contributed by atoms with Gasteiger partial charge in [0.15, 0.2) is 0 Å². The topological polar surface area (TPSA) is 133 Å². The molecule has 0 radical (unpaired) electrons. The van der Waals surface area contributed by atoms with Gasteiger partial charge in [0.1, 0.15) is 11.6 Å². The Bertz CT molecular complexity index is 770. The number of nitrogens with zero attached hydrogens (tertiary/aromatic N) is 1. The number of rotatable bonds is 8. The van der Waals surface area contributed by atoms with Gasteiger partial charge in [0, 0.05) is 18.9 Å². The maximum Gasteiger partial charge on any atom is 0.490 e. The molecule has 0 bridgehead atoms. The molecule has 1 heterocycles. The van der Waals surface area contributed by atoms with E-state index >= 15 is 0 Å². The molecule has 8 nitrogen and oxygen atoms in total. The van der Waals surface area contributed by atoms with E-state index in [0.717, 1.165) is 4.90 Å². The minimum Gasteiger partial charge on any atom is -0.450 e. The number of esters is 1. The van der Waals surface area contributed by atoms with Crippen LogP contribution in [-0.4, -0.2) is 52.5 Å². The fourth-order valence-corrected chi connectivity index (χ4v) is 4.58. The van der Waals surface area contributed by atoms with Crippen LogP contribution in [0.4, 0.5) is 13.2 Å². The molecule has 0 aromatic heterocycles. The second-order valence-corrected chi connectivity index (χ2v) is 9.39. The number of hydrogen-bond donors (Lipinski definition) is 2. The molecule has 2 fully saturated rings. The summed E-state index contributed by atoms with van der Waals surface area (Å²) in [5.74, 6) is -4.97. The molecule has 3 amide bonds. The number of halogens is 3. The zero-order chi connectivity index (χ0) is 23.9. The Balaban J connectivity index is 2.47. The van der Waals surface area contributed by atoms with Crippen molar-refractivity contribution in [3.05, 3.63) is 0 Å². The summed E-state index contributed by atoms with van der Waals surface area (Å²) < 4.78 is 43.8. The van der Waals surface area contributed by atoms with Crippen LogP contribution in [0.1, 0.15) is 59.8 Å². The molecule has 0 aromatic carbocycles. The molecule has 1 saturated heterocycles. The Morgan fingerprint density at radius 3 is 2.13 bits per heavy atom. The van der Waals surface area contributed by atoms with Crippen molar-refractivity contribution < 1.29 is 37.1 Å². The van der Waals surface area contributed by atoms with E-state index in [2.05, 4.69) is 0 Å². The Labute approximate surface area is 178 Å². The van der Waals surface area contributed by atoms with Crippen molar-refractivity contribution in [2.24, 2.45) is 28.7 Å². The van der Waals surface area contributed by atoms with E-state index in [9.17, 15) is 32.3 Å². The van der Waals surface area contributed by atoms with E-state index < -0.39 is 53.0 Å². The second-order valence-electron chi connectivity index (χ2n) is 9.39. The maximum absolute atomic E-state index is 13.5. The molecule has 1 aliphatic carbocycles. The van der Waals surface area contributed by atoms with E-state index in [1.54, 1.807) is 27.7 Å². The van der Waals surface area contributed by atoms with Gasteiger partial charge in [-0.1, -0.05) is 27.7 Å². The highest BCUT2D eigenvalue weighted by Crippen LogP contribution is 2.66. The van der Waals surface area contributed by atoms with Crippen molar-refractivity contribution in [2.75, 3.05) is 0 Å². The third kappa shape index (κ3) is 4.56. The summed E-state index contributed by atoms with van der Waals surface area (Å²) in [6.45, 7) is 7.13. The van der Waals surface area contributed by atoms with Gasteiger partial charge in [-0.2, -0.15) is 13.2 Å². The van der Waals surface area contributed by atoms with E-state index in [1.807, 2.05) is 0 Å². The first-order chi connectivity index (χ1) is 14.1. The van der Waals surface area contributed by atoms with Crippen LogP contribution in [0.25, 0.3) is 0 Å². The summed E-state index contributed by atoms with van der Waals surface area (Å²) in [7, 11) is 0. The minimum atomic E-state index is -5.27. The minimum absolute atomic E-state index is 0.0511. The monoisotopic (exact) mass is 449 g/mol. The molecule has 0 unspecified atom stereocenters. The molecular weight excluding hydrogens is 419 g/mol. The van der Waals surface area contributed by atoms with Gasteiger partial charge >= 0.3 is 12.1 Å². The predicted octanol–water partition coefficient (Wildman–Crippen LogP) is 1.64. The summed E-state index contributed by atoms with van der Waals surface area (Å²) in [6.07, 6.45) is -5.53. The molecule has 1 aliphatic heterocycles. The van der Waals surface area contributed by atoms with Gasteiger partial charge in [-0.3, -0.25) is 19.3 Å². The molecule has 1 saturated carbocycles. The van der Waals surface area contributed by atoms with Crippen LogP contribution in [0.5, 0.6) is 0 Å². The zero-order valence-electron chi connectivity index (χ0n) is 18.1. The molecule has 11 heteroatoms. The van der Waals surface area contributed by atoms with Gasteiger partial charge in [-0.15, -0.1) is 0 Å². The molecule has 1 spiro atoms. The molecule has 2 rings (SSSR count). The molecule has 2 aliphatic rings. The Morgan fingerprint density at radius 2 is 1.68 bits per heavy atom. The highest BCUT2D eigenvalue weighted by molar-refractivity contribution is 6.06.